The van der Waals surface area contributed by atoms with Crippen molar-refractivity contribution in [2.24, 2.45) is 0 Å². The number of rotatable bonds is 51. The summed E-state index contributed by atoms with van der Waals surface area (Å²) in [4.78, 5) is 25.5. The first-order valence-electron chi connectivity index (χ1n) is 28.4. The lowest BCUT2D eigenvalue weighted by Gasteiger charge is -2.18. The number of carbonyl (C=O) groups excluding carboxylic acids is 2. The van der Waals surface area contributed by atoms with Crippen LogP contribution >= 0.6 is 0 Å². The van der Waals surface area contributed by atoms with Gasteiger partial charge in [-0.15, -0.1) is 0 Å². The summed E-state index contributed by atoms with van der Waals surface area (Å²) in [5.74, 6) is -0.458. The van der Waals surface area contributed by atoms with Crippen LogP contribution in [0.5, 0.6) is 0 Å². The molecule has 1 unspecified atom stereocenters. The fourth-order valence-corrected chi connectivity index (χ4v) is 7.65. The fraction of sp³-hybridized carbons (Fsp3) is 0.683. The quantitative estimate of drug-likeness (QED) is 0.0345. The van der Waals surface area contributed by atoms with E-state index in [-0.39, 0.29) is 25.2 Å². The molecule has 0 saturated carbocycles. The third kappa shape index (κ3) is 55.2. The molecule has 5 nitrogen and oxygen atoms in total. The third-order valence-corrected chi connectivity index (χ3v) is 11.8. The van der Waals surface area contributed by atoms with Crippen LogP contribution in [-0.4, -0.2) is 37.9 Å². The molecule has 0 heterocycles. The molecule has 0 fully saturated rings. The van der Waals surface area contributed by atoms with E-state index in [4.69, 9.17) is 14.2 Å². The maximum atomic E-state index is 12.8. The summed E-state index contributed by atoms with van der Waals surface area (Å²) in [7, 11) is 0. The van der Waals surface area contributed by atoms with Gasteiger partial charge in [0.25, 0.3) is 0 Å². The van der Waals surface area contributed by atoms with Crippen molar-refractivity contribution in [3.8, 4) is 0 Å². The molecule has 0 aromatic carbocycles. The Morgan fingerprint density at radius 3 is 1.09 bits per heavy atom. The van der Waals surface area contributed by atoms with Crippen LogP contribution in [0.1, 0.15) is 252 Å². The molecule has 0 bridgehead atoms. The van der Waals surface area contributed by atoms with Crippen LogP contribution in [0.4, 0.5) is 0 Å². The molecule has 0 aromatic heterocycles. The summed E-state index contributed by atoms with van der Waals surface area (Å²) < 4.78 is 17.4. The van der Waals surface area contributed by atoms with Crippen molar-refractivity contribution < 1.29 is 23.8 Å². The topological polar surface area (TPSA) is 61.8 Å². The Hall–Kier alpha value is -3.44. The van der Waals surface area contributed by atoms with E-state index >= 15 is 0 Å². The zero-order chi connectivity index (χ0) is 49.2. The van der Waals surface area contributed by atoms with Crippen molar-refractivity contribution in [3.05, 3.63) is 109 Å². The summed E-state index contributed by atoms with van der Waals surface area (Å²) in [5.41, 5.74) is 0. The minimum atomic E-state index is -0.577. The Labute approximate surface area is 421 Å². The van der Waals surface area contributed by atoms with E-state index in [1.807, 2.05) is 0 Å². The Kier molecular flexibility index (Phi) is 54.9. The monoisotopic (exact) mass is 943 g/mol. The highest BCUT2D eigenvalue weighted by Gasteiger charge is 2.17. The predicted molar refractivity (Wildman–Crippen MR) is 297 cm³/mol. The van der Waals surface area contributed by atoms with Crippen molar-refractivity contribution in [1.82, 2.24) is 0 Å². The molecule has 0 saturated heterocycles. The minimum absolute atomic E-state index is 0.0543. The standard InChI is InChI=1S/C63H106O5/c1-4-7-10-13-16-19-22-25-28-30-31-32-34-37-40-43-46-49-52-55-58-66-59-61(68-63(65)57-54-51-48-45-42-39-35-27-24-21-18-15-12-9-6-3)60-67-62(64)56-53-50-47-44-41-38-36-33-29-26-23-20-17-14-11-8-5-2/h7,9-10,12,16,18-19,21,25,27-28,31-32,35,37,40,42,45,61H,4-6,8,11,13-15,17,20,22-24,26,29-30,33-34,36,38-39,41,43-44,46-60H2,1-3H3/b10-7-,12-9-,19-16-,21-18-,28-25-,32-31-,35-27-,40-37-,45-42-. The second-order valence-corrected chi connectivity index (χ2v) is 18.4. The average molecular weight is 944 g/mol. The first-order valence-corrected chi connectivity index (χ1v) is 28.4. The van der Waals surface area contributed by atoms with Gasteiger partial charge in [0.1, 0.15) is 6.61 Å². The van der Waals surface area contributed by atoms with Crippen molar-refractivity contribution in [3.63, 3.8) is 0 Å². The lowest BCUT2D eigenvalue weighted by atomic mass is 10.0. The van der Waals surface area contributed by atoms with Gasteiger partial charge >= 0.3 is 11.9 Å². The lowest BCUT2D eigenvalue weighted by Crippen LogP contribution is -2.30. The molecule has 0 aliphatic heterocycles. The van der Waals surface area contributed by atoms with Gasteiger partial charge in [0.2, 0.25) is 0 Å². The zero-order valence-corrected chi connectivity index (χ0v) is 44.6. The van der Waals surface area contributed by atoms with Crippen molar-refractivity contribution >= 4 is 11.9 Å². The largest absolute Gasteiger partial charge is 0.462 e. The molecule has 0 amide bonds. The van der Waals surface area contributed by atoms with E-state index in [9.17, 15) is 9.59 Å². The molecule has 0 aliphatic carbocycles. The SMILES string of the molecule is CC/C=C\C/C=C\C/C=C\C/C=C\C/C=C\CCCCCCOCC(COC(=O)CCCCCCCCCCCCCCCCCCC)OC(=O)CCCC/C=C\C/C=C\C/C=C\C/C=C\CC. The van der Waals surface area contributed by atoms with Gasteiger partial charge in [0, 0.05) is 19.4 Å². The summed E-state index contributed by atoms with van der Waals surface area (Å²) in [6, 6.07) is 0. The van der Waals surface area contributed by atoms with Gasteiger partial charge < -0.3 is 14.2 Å². The first-order chi connectivity index (χ1) is 33.6. The molecule has 0 rings (SSSR count). The Balaban J connectivity index is 4.38. The van der Waals surface area contributed by atoms with Gasteiger partial charge in [0.05, 0.1) is 6.61 Å². The molecule has 0 aromatic rings. The number of unbranched alkanes of at least 4 members (excludes halogenated alkanes) is 22. The summed E-state index contributed by atoms with van der Waals surface area (Å²) in [6.45, 7) is 7.51. The smallest absolute Gasteiger partial charge is 0.306 e. The van der Waals surface area contributed by atoms with Crippen LogP contribution in [0.15, 0.2) is 109 Å². The normalized spacial score (nSPS) is 13.0. The van der Waals surface area contributed by atoms with E-state index in [2.05, 4.69) is 130 Å². The molecule has 0 radical (unpaired) electrons. The minimum Gasteiger partial charge on any atom is -0.462 e. The Bertz CT molecular complexity index is 1340. The molecular formula is C63H106O5. The van der Waals surface area contributed by atoms with Crippen LogP contribution in [0.3, 0.4) is 0 Å². The molecular weight excluding hydrogens is 837 g/mol. The Morgan fingerprint density at radius 1 is 0.338 bits per heavy atom. The second-order valence-electron chi connectivity index (χ2n) is 18.4. The highest BCUT2D eigenvalue weighted by Crippen LogP contribution is 2.15. The first kappa shape index (κ1) is 64.6. The van der Waals surface area contributed by atoms with Crippen molar-refractivity contribution in [2.75, 3.05) is 19.8 Å². The molecule has 0 N–H and O–H groups in total. The van der Waals surface area contributed by atoms with E-state index in [1.165, 1.54) is 103 Å². The van der Waals surface area contributed by atoms with Crippen molar-refractivity contribution in [2.45, 2.75) is 258 Å². The highest BCUT2D eigenvalue weighted by molar-refractivity contribution is 5.70. The zero-order valence-electron chi connectivity index (χ0n) is 44.6. The van der Waals surface area contributed by atoms with Gasteiger partial charge in [0.15, 0.2) is 6.10 Å². The molecule has 68 heavy (non-hydrogen) atoms. The second kappa shape index (κ2) is 57.9. The van der Waals surface area contributed by atoms with Crippen LogP contribution in [0, 0.1) is 0 Å². The van der Waals surface area contributed by atoms with Gasteiger partial charge in [-0.2, -0.15) is 0 Å². The number of hydrogen-bond donors (Lipinski definition) is 0. The van der Waals surface area contributed by atoms with E-state index in [0.717, 1.165) is 116 Å². The van der Waals surface area contributed by atoms with Crippen molar-refractivity contribution in [1.29, 1.82) is 0 Å². The summed E-state index contributed by atoms with van der Waals surface area (Å²) in [6.07, 6.45) is 79.7. The Morgan fingerprint density at radius 2 is 0.662 bits per heavy atom. The third-order valence-electron chi connectivity index (χ3n) is 11.8. The maximum Gasteiger partial charge on any atom is 0.306 e. The maximum absolute atomic E-state index is 12.8. The number of hydrogen-bond acceptors (Lipinski definition) is 5. The molecule has 0 spiro atoms. The van der Waals surface area contributed by atoms with Crippen LogP contribution in [-0.2, 0) is 23.8 Å². The fourth-order valence-electron chi connectivity index (χ4n) is 7.65. The highest BCUT2D eigenvalue weighted by atomic mass is 16.6. The number of esters is 2. The molecule has 0 aliphatic rings. The number of allylic oxidation sites excluding steroid dienone is 18. The van der Waals surface area contributed by atoms with Gasteiger partial charge in [-0.25, -0.2) is 0 Å². The van der Waals surface area contributed by atoms with Gasteiger partial charge in [-0.05, 0) is 103 Å². The van der Waals surface area contributed by atoms with E-state index < -0.39 is 6.10 Å². The van der Waals surface area contributed by atoms with Crippen LogP contribution in [0.25, 0.3) is 0 Å². The average Bonchev–Trinajstić information content (AvgIpc) is 3.34. The lowest BCUT2D eigenvalue weighted by molar-refractivity contribution is -0.163. The van der Waals surface area contributed by atoms with Gasteiger partial charge in [-0.1, -0.05) is 246 Å². The summed E-state index contributed by atoms with van der Waals surface area (Å²) >= 11 is 0. The number of ether oxygens (including phenoxy) is 3. The van der Waals surface area contributed by atoms with E-state index in [1.54, 1.807) is 0 Å². The number of carbonyl (C=O) groups is 2. The van der Waals surface area contributed by atoms with Gasteiger partial charge in [-0.3, -0.25) is 9.59 Å². The molecule has 1 atom stereocenters. The molecule has 388 valence electrons. The predicted octanol–water partition coefficient (Wildman–Crippen LogP) is 19.6. The molecule has 5 heteroatoms. The van der Waals surface area contributed by atoms with Crippen LogP contribution in [0.2, 0.25) is 0 Å². The van der Waals surface area contributed by atoms with Crippen LogP contribution < -0.4 is 0 Å². The van der Waals surface area contributed by atoms with E-state index in [0.29, 0.717) is 19.4 Å². The summed E-state index contributed by atoms with van der Waals surface area (Å²) in [5, 5.41) is 0.